The third kappa shape index (κ3) is 4.55. The number of hydrogen-bond donors (Lipinski definition) is 4. The van der Waals surface area contributed by atoms with Gasteiger partial charge in [0.2, 0.25) is 5.91 Å². The topological polar surface area (TPSA) is 81.6 Å². The molecular formula is C18H24N2O3. The molecule has 0 aromatic heterocycles. The zero-order chi connectivity index (χ0) is 17.0. The Kier molecular flexibility index (Phi) is 5.42. The number of nitrogens with one attached hydrogen (secondary N) is 2. The molecule has 1 aromatic carbocycles. The molecule has 1 unspecified atom stereocenters. The first-order valence-corrected chi connectivity index (χ1v) is 7.78. The minimum absolute atomic E-state index is 0.217. The molecule has 5 nitrogen and oxygen atoms in total. The molecule has 0 bridgehead atoms. The van der Waals surface area contributed by atoms with E-state index in [-0.39, 0.29) is 5.91 Å². The molecule has 1 heterocycles. The molecule has 1 fully saturated rings. The van der Waals surface area contributed by atoms with Crippen LogP contribution < -0.4 is 10.6 Å². The average molecular weight is 316 g/mol. The van der Waals surface area contributed by atoms with Crippen LogP contribution >= 0.6 is 0 Å². The lowest BCUT2D eigenvalue weighted by Gasteiger charge is -2.31. The summed E-state index contributed by atoms with van der Waals surface area (Å²) in [5, 5.41) is 25.8. The highest BCUT2D eigenvalue weighted by molar-refractivity contribution is 5.82. The second-order valence-electron chi connectivity index (χ2n) is 6.44. The molecule has 1 amide bonds. The van der Waals surface area contributed by atoms with E-state index in [1.165, 1.54) is 0 Å². The Bertz CT molecular complexity index is 608. The Morgan fingerprint density at radius 3 is 2.52 bits per heavy atom. The largest absolute Gasteiger partial charge is 0.392 e. The lowest BCUT2D eigenvalue weighted by molar-refractivity contribution is -0.125. The van der Waals surface area contributed by atoms with Gasteiger partial charge >= 0.3 is 0 Å². The highest BCUT2D eigenvalue weighted by Gasteiger charge is 2.34. The summed E-state index contributed by atoms with van der Waals surface area (Å²) >= 11 is 0. The Hall–Kier alpha value is -1.87. The predicted molar refractivity (Wildman–Crippen MR) is 88.6 cm³/mol. The lowest BCUT2D eigenvalue weighted by Crippen LogP contribution is -2.48. The number of carbonyl (C=O) groups excluding carboxylic acids is 1. The summed E-state index contributed by atoms with van der Waals surface area (Å²) in [6.45, 7) is 5.51. The van der Waals surface area contributed by atoms with Crippen LogP contribution in [0.2, 0.25) is 0 Å². The first kappa shape index (κ1) is 17.5. The van der Waals surface area contributed by atoms with E-state index in [9.17, 15) is 15.0 Å². The number of carbonyl (C=O) groups is 1. The predicted octanol–water partition coefficient (Wildman–Crippen LogP) is 0.709. The summed E-state index contributed by atoms with van der Waals surface area (Å²) in [7, 11) is 0. The third-order valence-corrected chi connectivity index (χ3v) is 3.93. The van der Waals surface area contributed by atoms with Crippen molar-refractivity contribution < 1.29 is 15.0 Å². The summed E-state index contributed by atoms with van der Waals surface area (Å²) in [6, 6.07) is 6.49. The quantitative estimate of drug-likeness (QED) is 0.617. The van der Waals surface area contributed by atoms with Crippen LogP contribution in [-0.2, 0) is 4.79 Å². The molecule has 5 heteroatoms. The lowest BCUT2D eigenvalue weighted by atomic mass is 9.91. The van der Waals surface area contributed by atoms with Crippen LogP contribution in [0.5, 0.6) is 0 Å². The van der Waals surface area contributed by atoms with Crippen molar-refractivity contribution in [3.8, 4) is 11.8 Å². The molecule has 3 atom stereocenters. The summed E-state index contributed by atoms with van der Waals surface area (Å²) in [6.07, 6.45) is -0.117. The van der Waals surface area contributed by atoms with Gasteiger partial charge in [-0.15, -0.1) is 5.92 Å². The zero-order valence-electron chi connectivity index (χ0n) is 13.8. The number of β-amino-alcohol motifs (C(OH)–C–C–N with tert-alkyl or cyclic N) is 1. The SMILES string of the molecule is CC#Cc1ccc(C(NC(=O)[C@@H]2C[C@@H](O)CN2)C(C)(C)O)cc1. The van der Waals surface area contributed by atoms with Crippen molar-refractivity contribution in [1.82, 2.24) is 10.6 Å². The van der Waals surface area contributed by atoms with Gasteiger partial charge in [0.25, 0.3) is 0 Å². The van der Waals surface area contributed by atoms with Gasteiger partial charge in [-0.1, -0.05) is 18.1 Å². The maximum atomic E-state index is 12.4. The van der Waals surface area contributed by atoms with Crippen molar-refractivity contribution >= 4 is 5.91 Å². The Morgan fingerprint density at radius 1 is 1.39 bits per heavy atom. The van der Waals surface area contributed by atoms with Crippen LogP contribution in [0.4, 0.5) is 0 Å². The normalized spacial score (nSPS) is 22.1. The third-order valence-electron chi connectivity index (χ3n) is 3.93. The van der Waals surface area contributed by atoms with Crippen LogP contribution in [0, 0.1) is 11.8 Å². The van der Waals surface area contributed by atoms with E-state index in [1.54, 1.807) is 20.8 Å². The molecule has 0 spiro atoms. The first-order chi connectivity index (χ1) is 10.8. The fourth-order valence-electron chi connectivity index (χ4n) is 2.73. The molecule has 0 aliphatic carbocycles. The number of benzene rings is 1. The van der Waals surface area contributed by atoms with E-state index >= 15 is 0 Å². The van der Waals surface area contributed by atoms with Crippen molar-refractivity contribution in [2.45, 2.75) is 51.0 Å². The van der Waals surface area contributed by atoms with Gasteiger partial charge in [-0.3, -0.25) is 4.79 Å². The smallest absolute Gasteiger partial charge is 0.237 e. The molecule has 0 saturated carbocycles. The fraction of sp³-hybridized carbons (Fsp3) is 0.500. The van der Waals surface area contributed by atoms with Crippen LogP contribution in [0.1, 0.15) is 44.4 Å². The monoisotopic (exact) mass is 316 g/mol. The molecule has 1 saturated heterocycles. The van der Waals surface area contributed by atoms with Gasteiger partial charge in [0.1, 0.15) is 0 Å². The number of aliphatic hydroxyl groups is 2. The Morgan fingerprint density at radius 2 is 2.04 bits per heavy atom. The van der Waals surface area contributed by atoms with Gasteiger partial charge in [-0.05, 0) is 44.9 Å². The second-order valence-corrected chi connectivity index (χ2v) is 6.44. The van der Waals surface area contributed by atoms with Crippen LogP contribution in [0.3, 0.4) is 0 Å². The van der Waals surface area contributed by atoms with Crippen molar-refractivity contribution in [2.24, 2.45) is 0 Å². The number of aliphatic hydroxyl groups excluding tert-OH is 1. The summed E-state index contributed by atoms with van der Waals surface area (Å²) < 4.78 is 0. The van der Waals surface area contributed by atoms with Crippen LogP contribution in [0.25, 0.3) is 0 Å². The van der Waals surface area contributed by atoms with Crippen molar-refractivity contribution in [1.29, 1.82) is 0 Å². The molecule has 1 aliphatic rings. The molecular weight excluding hydrogens is 292 g/mol. The Balaban J connectivity index is 2.16. The number of rotatable bonds is 4. The fourth-order valence-corrected chi connectivity index (χ4v) is 2.73. The minimum atomic E-state index is -1.12. The van der Waals surface area contributed by atoms with E-state index in [1.807, 2.05) is 24.3 Å². The highest BCUT2D eigenvalue weighted by Crippen LogP contribution is 2.26. The maximum absolute atomic E-state index is 12.4. The van der Waals surface area contributed by atoms with Gasteiger partial charge in [0.15, 0.2) is 0 Å². The first-order valence-electron chi connectivity index (χ1n) is 7.78. The van der Waals surface area contributed by atoms with Gasteiger partial charge in [0, 0.05) is 12.1 Å². The standard InChI is InChI=1S/C18H24N2O3/c1-4-5-12-6-8-13(9-7-12)16(18(2,3)23)20-17(22)15-10-14(21)11-19-15/h6-9,14-16,19,21,23H,10-11H2,1-3H3,(H,20,22)/t14-,15+,16?/m1/s1. The summed E-state index contributed by atoms with van der Waals surface area (Å²) in [4.78, 5) is 12.4. The highest BCUT2D eigenvalue weighted by atomic mass is 16.3. The molecule has 4 N–H and O–H groups in total. The second kappa shape index (κ2) is 7.14. The van der Waals surface area contributed by atoms with Gasteiger partial charge in [0.05, 0.1) is 23.8 Å². The van der Waals surface area contributed by atoms with Crippen LogP contribution in [-0.4, -0.2) is 40.4 Å². The summed E-state index contributed by atoms with van der Waals surface area (Å²) in [5.74, 6) is 5.58. The molecule has 124 valence electrons. The molecule has 0 radical (unpaired) electrons. The Labute approximate surface area is 137 Å². The van der Waals surface area contributed by atoms with Crippen molar-refractivity contribution in [3.05, 3.63) is 35.4 Å². The maximum Gasteiger partial charge on any atom is 0.237 e. The van der Waals surface area contributed by atoms with E-state index in [0.717, 1.165) is 11.1 Å². The molecule has 1 aromatic rings. The van der Waals surface area contributed by atoms with E-state index in [2.05, 4.69) is 22.5 Å². The summed E-state index contributed by atoms with van der Waals surface area (Å²) in [5.41, 5.74) is 0.578. The molecule has 23 heavy (non-hydrogen) atoms. The van der Waals surface area contributed by atoms with E-state index in [4.69, 9.17) is 0 Å². The zero-order valence-corrected chi connectivity index (χ0v) is 13.8. The number of amides is 1. The van der Waals surface area contributed by atoms with Gasteiger partial charge < -0.3 is 20.8 Å². The molecule has 1 aliphatic heterocycles. The average Bonchev–Trinajstić information content (AvgIpc) is 2.91. The van der Waals surface area contributed by atoms with Crippen molar-refractivity contribution in [2.75, 3.05) is 6.54 Å². The minimum Gasteiger partial charge on any atom is -0.392 e. The number of hydrogen-bond acceptors (Lipinski definition) is 4. The van der Waals surface area contributed by atoms with E-state index < -0.39 is 23.8 Å². The van der Waals surface area contributed by atoms with Gasteiger partial charge in [-0.2, -0.15) is 0 Å². The molecule has 2 rings (SSSR count). The van der Waals surface area contributed by atoms with Crippen molar-refractivity contribution in [3.63, 3.8) is 0 Å². The van der Waals surface area contributed by atoms with E-state index in [0.29, 0.717) is 13.0 Å². The van der Waals surface area contributed by atoms with Crippen LogP contribution in [0.15, 0.2) is 24.3 Å². The van der Waals surface area contributed by atoms with Gasteiger partial charge in [-0.25, -0.2) is 0 Å².